The lowest BCUT2D eigenvalue weighted by Gasteiger charge is -2.34. The van der Waals surface area contributed by atoms with Crippen molar-refractivity contribution >= 4 is 0 Å². The molecule has 2 aliphatic heterocycles. The summed E-state index contributed by atoms with van der Waals surface area (Å²) in [5, 5.41) is 3.35. The van der Waals surface area contributed by atoms with Gasteiger partial charge in [-0.3, -0.25) is 4.90 Å². The second kappa shape index (κ2) is 6.41. The lowest BCUT2D eigenvalue weighted by atomic mass is 10.2. The van der Waals surface area contributed by atoms with Crippen LogP contribution in [0.3, 0.4) is 0 Å². The van der Waals surface area contributed by atoms with Crippen molar-refractivity contribution in [3.63, 3.8) is 0 Å². The number of piperazine rings is 1. The largest absolute Gasteiger partial charge is 0.493 e. The highest BCUT2D eigenvalue weighted by atomic mass is 16.6. The van der Waals surface area contributed by atoms with Gasteiger partial charge in [0.05, 0.1) is 14.2 Å². The first-order valence-electron chi connectivity index (χ1n) is 7.29. The average Bonchev–Trinajstić information content (AvgIpc) is 2.54. The topological polar surface area (TPSA) is 52.2 Å². The smallest absolute Gasteiger partial charge is 0.207 e. The Morgan fingerprint density at radius 1 is 1.14 bits per heavy atom. The van der Waals surface area contributed by atoms with Gasteiger partial charge >= 0.3 is 0 Å². The Hall–Kier alpha value is -1.66. The van der Waals surface area contributed by atoms with Crippen LogP contribution in [0.1, 0.15) is 0 Å². The van der Waals surface area contributed by atoms with Crippen molar-refractivity contribution < 1.29 is 18.9 Å². The van der Waals surface area contributed by atoms with Crippen molar-refractivity contribution in [2.75, 3.05) is 53.6 Å². The number of hydrogen-bond donors (Lipinski definition) is 1. The SMILES string of the molecule is COc1ccc(OC)c2c1OCC(CN1CCNCC1)O2. The monoisotopic (exact) mass is 294 g/mol. The minimum atomic E-state index is 0.0107. The van der Waals surface area contributed by atoms with Gasteiger partial charge in [-0.05, 0) is 12.1 Å². The van der Waals surface area contributed by atoms with Gasteiger partial charge in [0.25, 0.3) is 0 Å². The number of rotatable bonds is 4. The van der Waals surface area contributed by atoms with Crippen LogP contribution in [0, 0.1) is 0 Å². The maximum absolute atomic E-state index is 6.11. The second-order valence-electron chi connectivity index (χ2n) is 5.23. The van der Waals surface area contributed by atoms with Crippen molar-refractivity contribution in [1.29, 1.82) is 0 Å². The molecule has 6 nitrogen and oxygen atoms in total. The Balaban J connectivity index is 1.74. The molecule has 3 rings (SSSR count). The third kappa shape index (κ3) is 3.01. The van der Waals surface area contributed by atoms with E-state index in [2.05, 4.69) is 10.2 Å². The number of nitrogens with one attached hydrogen (secondary N) is 1. The van der Waals surface area contributed by atoms with Crippen LogP contribution >= 0.6 is 0 Å². The molecule has 1 aromatic carbocycles. The molecule has 0 saturated carbocycles. The highest BCUT2D eigenvalue weighted by Gasteiger charge is 2.29. The van der Waals surface area contributed by atoms with Crippen molar-refractivity contribution in [3.8, 4) is 23.0 Å². The van der Waals surface area contributed by atoms with Gasteiger partial charge in [-0.15, -0.1) is 0 Å². The first kappa shape index (κ1) is 14.3. The van der Waals surface area contributed by atoms with E-state index in [9.17, 15) is 0 Å². The molecule has 0 aromatic heterocycles. The van der Waals surface area contributed by atoms with Crippen molar-refractivity contribution in [2.24, 2.45) is 0 Å². The van der Waals surface area contributed by atoms with Gasteiger partial charge in [0.2, 0.25) is 11.5 Å². The summed E-state index contributed by atoms with van der Waals surface area (Å²) in [6, 6.07) is 3.67. The third-order valence-corrected chi connectivity index (χ3v) is 3.85. The van der Waals surface area contributed by atoms with E-state index in [1.807, 2.05) is 12.1 Å². The zero-order valence-electron chi connectivity index (χ0n) is 12.6. The van der Waals surface area contributed by atoms with Crippen LogP contribution in [0.5, 0.6) is 23.0 Å². The number of benzene rings is 1. The Labute approximate surface area is 124 Å². The molecule has 2 heterocycles. The van der Waals surface area contributed by atoms with E-state index < -0.39 is 0 Å². The van der Waals surface area contributed by atoms with E-state index in [-0.39, 0.29) is 6.10 Å². The van der Waals surface area contributed by atoms with E-state index in [0.29, 0.717) is 29.6 Å². The molecule has 1 unspecified atom stereocenters. The fourth-order valence-electron chi connectivity index (χ4n) is 2.74. The van der Waals surface area contributed by atoms with Crippen molar-refractivity contribution in [3.05, 3.63) is 12.1 Å². The summed E-state index contributed by atoms with van der Waals surface area (Å²) in [6.07, 6.45) is 0.0107. The molecule has 1 aromatic rings. The van der Waals surface area contributed by atoms with Gasteiger partial charge < -0.3 is 24.3 Å². The lowest BCUT2D eigenvalue weighted by molar-refractivity contribution is 0.0506. The molecular formula is C15H22N2O4. The minimum Gasteiger partial charge on any atom is -0.493 e. The lowest BCUT2D eigenvalue weighted by Crippen LogP contribution is -2.49. The van der Waals surface area contributed by atoms with Crippen molar-refractivity contribution in [2.45, 2.75) is 6.10 Å². The van der Waals surface area contributed by atoms with Crippen LogP contribution in [0.2, 0.25) is 0 Å². The molecule has 1 atom stereocenters. The first-order chi connectivity index (χ1) is 10.3. The number of hydrogen-bond acceptors (Lipinski definition) is 6. The van der Waals surface area contributed by atoms with Crippen LogP contribution in [0.25, 0.3) is 0 Å². The standard InChI is InChI=1S/C15H22N2O4/c1-18-12-3-4-13(19-2)15-14(12)20-10-11(21-15)9-17-7-5-16-6-8-17/h3-4,11,16H,5-10H2,1-2H3. The highest BCUT2D eigenvalue weighted by Crippen LogP contribution is 2.46. The summed E-state index contributed by atoms with van der Waals surface area (Å²) in [5.74, 6) is 2.62. The van der Waals surface area contributed by atoms with Gasteiger partial charge in [-0.25, -0.2) is 0 Å². The Morgan fingerprint density at radius 3 is 2.48 bits per heavy atom. The summed E-state index contributed by atoms with van der Waals surface area (Å²) in [4.78, 5) is 2.39. The van der Waals surface area contributed by atoms with E-state index >= 15 is 0 Å². The third-order valence-electron chi connectivity index (χ3n) is 3.85. The number of nitrogens with zero attached hydrogens (tertiary/aromatic N) is 1. The maximum atomic E-state index is 6.11. The van der Waals surface area contributed by atoms with Crippen molar-refractivity contribution in [1.82, 2.24) is 10.2 Å². The quantitative estimate of drug-likeness (QED) is 0.884. The average molecular weight is 294 g/mol. The van der Waals surface area contributed by atoms with E-state index in [1.54, 1.807) is 14.2 Å². The first-order valence-corrected chi connectivity index (χ1v) is 7.29. The van der Waals surface area contributed by atoms with E-state index in [4.69, 9.17) is 18.9 Å². The maximum Gasteiger partial charge on any atom is 0.207 e. The predicted octanol–water partition coefficient (Wildman–Crippen LogP) is 0.749. The predicted molar refractivity (Wildman–Crippen MR) is 78.8 cm³/mol. The Kier molecular flexibility index (Phi) is 4.36. The summed E-state index contributed by atoms with van der Waals surface area (Å²) in [6.45, 7) is 5.54. The summed E-state index contributed by atoms with van der Waals surface area (Å²) < 4.78 is 22.7. The Bertz CT molecular complexity index is 489. The fourth-order valence-corrected chi connectivity index (χ4v) is 2.74. The molecule has 0 bridgehead atoms. The van der Waals surface area contributed by atoms with Crippen LogP contribution in [-0.4, -0.2) is 64.6 Å². The molecule has 1 fully saturated rings. The zero-order chi connectivity index (χ0) is 14.7. The van der Waals surface area contributed by atoms with Gasteiger partial charge in [0, 0.05) is 32.7 Å². The highest BCUT2D eigenvalue weighted by molar-refractivity contribution is 5.59. The van der Waals surface area contributed by atoms with Crippen LogP contribution in [0.15, 0.2) is 12.1 Å². The second-order valence-corrected chi connectivity index (χ2v) is 5.23. The molecular weight excluding hydrogens is 272 g/mol. The molecule has 6 heteroatoms. The van der Waals surface area contributed by atoms with Gasteiger partial charge in [-0.2, -0.15) is 0 Å². The Morgan fingerprint density at radius 2 is 1.81 bits per heavy atom. The zero-order valence-corrected chi connectivity index (χ0v) is 12.6. The fraction of sp³-hybridized carbons (Fsp3) is 0.600. The summed E-state index contributed by atoms with van der Waals surface area (Å²) >= 11 is 0. The molecule has 0 spiro atoms. The van der Waals surface area contributed by atoms with Gasteiger partial charge in [0.15, 0.2) is 11.5 Å². The molecule has 0 amide bonds. The molecule has 1 saturated heterocycles. The summed E-state index contributed by atoms with van der Waals surface area (Å²) in [5.41, 5.74) is 0. The van der Waals surface area contributed by atoms with Crippen LogP contribution < -0.4 is 24.3 Å². The molecule has 116 valence electrons. The van der Waals surface area contributed by atoms with Crippen LogP contribution in [-0.2, 0) is 0 Å². The number of ether oxygens (including phenoxy) is 4. The molecule has 1 N–H and O–H groups in total. The van der Waals surface area contributed by atoms with E-state index in [0.717, 1.165) is 32.7 Å². The van der Waals surface area contributed by atoms with E-state index in [1.165, 1.54) is 0 Å². The van der Waals surface area contributed by atoms with Gasteiger partial charge in [-0.1, -0.05) is 0 Å². The minimum absolute atomic E-state index is 0.0107. The number of fused-ring (bicyclic) bond motifs is 1. The molecule has 21 heavy (non-hydrogen) atoms. The molecule has 2 aliphatic rings. The molecule has 0 aliphatic carbocycles. The molecule has 0 radical (unpaired) electrons. The number of methoxy groups -OCH3 is 2. The summed E-state index contributed by atoms with van der Waals surface area (Å²) in [7, 11) is 3.25. The van der Waals surface area contributed by atoms with Gasteiger partial charge in [0.1, 0.15) is 12.7 Å². The van der Waals surface area contributed by atoms with Crippen LogP contribution in [0.4, 0.5) is 0 Å². The normalized spacial score (nSPS) is 21.9.